The van der Waals surface area contributed by atoms with Crippen LogP contribution in [0.3, 0.4) is 0 Å². The van der Waals surface area contributed by atoms with Crippen molar-refractivity contribution in [3.63, 3.8) is 0 Å². The molecule has 0 saturated carbocycles. The molecule has 2 saturated heterocycles. The number of hydrogen-bond donors (Lipinski definition) is 2. The molecule has 2 aliphatic heterocycles. The Labute approximate surface area is 188 Å². The number of piperidine rings is 1. The average molecular weight is 555 g/mol. The highest BCUT2D eigenvalue weighted by Crippen LogP contribution is 2.30. The Kier molecular flexibility index (Phi) is 11.5. The first-order chi connectivity index (χ1) is 13.2. The standard InChI is InChI=1S/C17H32F3N5O2S.HI/c1-21-16(22-8-13-24-9-4-2-3-5-10-24)23-14-15-6-11-25(12-7-15)28(26,27)17(18,19)20;/h15H,2-14H2,1H3,(H2,21,22,23);1H. The molecule has 0 bridgehead atoms. The zero-order chi connectivity index (χ0) is 20.6. The van der Waals surface area contributed by atoms with Crippen molar-refractivity contribution in [1.82, 2.24) is 19.8 Å². The van der Waals surface area contributed by atoms with E-state index in [4.69, 9.17) is 0 Å². The van der Waals surface area contributed by atoms with E-state index in [0.717, 1.165) is 26.2 Å². The van der Waals surface area contributed by atoms with Gasteiger partial charge < -0.3 is 15.5 Å². The van der Waals surface area contributed by atoms with E-state index in [-0.39, 0.29) is 43.0 Å². The molecule has 2 heterocycles. The van der Waals surface area contributed by atoms with Crippen LogP contribution in [0.2, 0.25) is 0 Å². The number of sulfonamides is 1. The van der Waals surface area contributed by atoms with E-state index in [1.807, 2.05) is 0 Å². The summed E-state index contributed by atoms with van der Waals surface area (Å²) in [5.41, 5.74) is -5.22. The molecule has 0 spiro atoms. The van der Waals surface area contributed by atoms with Crippen molar-refractivity contribution in [2.24, 2.45) is 10.9 Å². The smallest absolute Gasteiger partial charge is 0.356 e. The molecule has 0 aromatic carbocycles. The first-order valence-electron chi connectivity index (χ1n) is 9.97. The van der Waals surface area contributed by atoms with Crippen molar-refractivity contribution in [2.45, 2.75) is 44.0 Å². The molecule has 0 aromatic rings. The van der Waals surface area contributed by atoms with E-state index in [2.05, 4.69) is 20.5 Å². The number of alkyl halides is 3. The zero-order valence-corrected chi connectivity index (χ0v) is 20.0. The number of nitrogens with one attached hydrogen (secondary N) is 2. The van der Waals surface area contributed by atoms with Gasteiger partial charge in [0.1, 0.15) is 0 Å². The van der Waals surface area contributed by atoms with Crippen molar-refractivity contribution >= 4 is 40.0 Å². The van der Waals surface area contributed by atoms with E-state index in [1.165, 1.54) is 25.7 Å². The summed E-state index contributed by atoms with van der Waals surface area (Å²) in [7, 11) is -3.53. The third-order valence-electron chi connectivity index (χ3n) is 5.41. The molecule has 0 unspecified atom stereocenters. The maximum absolute atomic E-state index is 12.6. The number of hydrogen-bond acceptors (Lipinski definition) is 4. The lowest BCUT2D eigenvalue weighted by molar-refractivity contribution is -0.0496. The first-order valence-corrected chi connectivity index (χ1v) is 11.4. The number of guanidine groups is 1. The maximum Gasteiger partial charge on any atom is 0.511 e. The van der Waals surface area contributed by atoms with Crippen LogP contribution in [0.25, 0.3) is 0 Å². The van der Waals surface area contributed by atoms with Gasteiger partial charge in [-0.15, -0.1) is 24.0 Å². The molecule has 0 aliphatic carbocycles. The summed E-state index contributed by atoms with van der Waals surface area (Å²) in [5.74, 6) is 0.781. The van der Waals surface area contributed by atoms with Gasteiger partial charge >= 0.3 is 15.5 Å². The Morgan fingerprint density at radius 2 is 1.62 bits per heavy atom. The third-order valence-corrected chi connectivity index (χ3v) is 7.04. The second-order valence-electron chi connectivity index (χ2n) is 7.43. The van der Waals surface area contributed by atoms with Crippen molar-refractivity contribution < 1.29 is 21.6 Å². The minimum atomic E-state index is -5.22. The van der Waals surface area contributed by atoms with Gasteiger partial charge in [0, 0.05) is 39.8 Å². The van der Waals surface area contributed by atoms with E-state index in [1.54, 1.807) is 7.05 Å². The van der Waals surface area contributed by atoms with Gasteiger partial charge in [0.05, 0.1) is 0 Å². The number of nitrogens with zero attached hydrogens (tertiary/aromatic N) is 3. The highest BCUT2D eigenvalue weighted by atomic mass is 127. The Morgan fingerprint density at radius 1 is 1.03 bits per heavy atom. The summed E-state index contributed by atoms with van der Waals surface area (Å²) in [4.78, 5) is 6.63. The highest BCUT2D eigenvalue weighted by molar-refractivity contribution is 14.0. The van der Waals surface area contributed by atoms with Crippen LogP contribution < -0.4 is 10.6 Å². The summed E-state index contributed by atoms with van der Waals surface area (Å²) >= 11 is 0. The SMILES string of the molecule is CN=C(NCCN1CCCCCC1)NCC1CCN(S(=O)(=O)C(F)(F)F)CC1.I. The van der Waals surface area contributed by atoms with Crippen LogP contribution in [0.4, 0.5) is 13.2 Å². The fourth-order valence-corrected chi connectivity index (χ4v) is 4.64. The minimum Gasteiger partial charge on any atom is -0.356 e. The summed E-state index contributed by atoms with van der Waals surface area (Å²) in [6, 6.07) is 0. The molecule has 0 aromatic heterocycles. The van der Waals surface area contributed by atoms with Gasteiger partial charge in [-0.3, -0.25) is 4.99 Å². The first kappa shape index (κ1) is 26.7. The topological polar surface area (TPSA) is 77.0 Å². The lowest BCUT2D eigenvalue weighted by atomic mass is 9.98. The molecule has 2 aliphatic rings. The van der Waals surface area contributed by atoms with Gasteiger partial charge in [-0.05, 0) is 44.7 Å². The summed E-state index contributed by atoms with van der Waals surface area (Å²) < 4.78 is 61.3. The van der Waals surface area contributed by atoms with Crippen LogP contribution in [0, 0.1) is 5.92 Å². The summed E-state index contributed by atoms with van der Waals surface area (Å²) in [5, 5.41) is 6.48. The number of likely N-dealkylation sites (tertiary alicyclic amines) is 1. The quantitative estimate of drug-likeness (QED) is 0.299. The maximum atomic E-state index is 12.6. The third kappa shape index (κ3) is 8.37. The van der Waals surface area contributed by atoms with Crippen LogP contribution in [0.1, 0.15) is 38.5 Å². The molecular formula is C17H33F3IN5O2S. The van der Waals surface area contributed by atoms with Crippen LogP contribution in [0.5, 0.6) is 0 Å². The Hall–Kier alpha value is -0.340. The average Bonchev–Trinajstić information content (AvgIpc) is 2.93. The Balaban J connectivity index is 0.00000420. The fourth-order valence-electron chi connectivity index (χ4n) is 3.65. The van der Waals surface area contributed by atoms with Crippen LogP contribution in [-0.4, -0.2) is 82.0 Å². The van der Waals surface area contributed by atoms with E-state index in [9.17, 15) is 21.6 Å². The van der Waals surface area contributed by atoms with Gasteiger partial charge in [0.15, 0.2) is 5.96 Å². The molecule has 12 heteroatoms. The Morgan fingerprint density at radius 3 is 2.14 bits per heavy atom. The summed E-state index contributed by atoms with van der Waals surface area (Å²) in [6.45, 7) is 4.35. The normalized spacial score (nSPS) is 21.3. The van der Waals surface area contributed by atoms with Gasteiger partial charge in [0.25, 0.3) is 0 Å². The molecule has 0 amide bonds. The summed E-state index contributed by atoms with van der Waals surface area (Å²) in [6.07, 6.45) is 5.89. The molecule has 29 heavy (non-hydrogen) atoms. The predicted molar refractivity (Wildman–Crippen MR) is 119 cm³/mol. The zero-order valence-electron chi connectivity index (χ0n) is 16.9. The number of halogens is 4. The van der Waals surface area contributed by atoms with Crippen molar-refractivity contribution in [3.8, 4) is 0 Å². The van der Waals surface area contributed by atoms with Crippen molar-refractivity contribution in [1.29, 1.82) is 0 Å². The van der Waals surface area contributed by atoms with E-state index in [0.29, 0.717) is 29.7 Å². The molecule has 0 radical (unpaired) electrons. The molecule has 2 N–H and O–H groups in total. The monoisotopic (exact) mass is 555 g/mol. The molecule has 0 atom stereocenters. The number of aliphatic imine (C=N–C) groups is 1. The van der Waals surface area contributed by atoms with Crippen LogP contribution in [-0.2, 0) is 10.0 Å². The van der Waals surface area contributed by atoms with Crippen molar-refractivity contribution in [2.75, 3.05) is 52.9 Å². The fraction of sp³-hybridized carbons (Fsp3) is 0.941. The van der Waals surface area contributed by atoms with Gasteiger partial charge in [-0.1, -0.05) is 12.8 Å². The van der Waals surface area contributed by atoms with Gasteiger partial charge in [0.2, 0.25) is 0 Å². The van der Waals surface area contributed by atoms with E-state index >= 15 is 0 Å². The molecule has 172 valence electrons. The number of rotatable bonds is 6. The molecular weight excluding hydrogens is 522 g/mol. The molecule has 2 rings (SSSR count). The van der Waals surface area contributed by atoms with Crippen LogP contribution in [0.15, 0.2) is 4.99 Å². The second-order valence-corrected chi connectivity index (χ2v) is 9.36. The highest BCUT2D eigenvalue weighted by Gasteiger charge is 2.50. The van der Waals surface area contributed by atoms with Gasteiger partial charge in [-0.2, -0.15) is 17.5 Å². The molecule has 2 fully saturated rings. The van der Waals surface area contributed by atoms with E-state index < -0.39 is 15.5 Å². The lowest BCUT2D eigenvalue weighted by Crippen LogP contribution is -2.47. The van der Waals surface area contributed by atoms with Crippen LogP contribution >= 0.6 is 24.0 Å². The largest absolute Gasteiger partial charge is 0.511 e. The molecule has 7 nitrogen and oxygen atoms in total. The van der Waals surface area contributed by atoms with Gasteiger partial charge in [-0.25, -0.2) is 8.42 Å². The predicted octanol–water partition coefficient (Wildman–Crippen LogP) is 2.21. The lowest BCUT2D eigenvalue weighted by Gasteiger charge is -2.31. The Bertz CT molecular complexity index is 603. The minimum absolute atomic E-state index is 0. The second kappa shape index (κ2) is 12.5. The van der Waals surface area contributed by atoms with Crippen molar-refractivity contribution in [3.05, 3.63) is 0 Å².